The van der Waals surface area contributed by atoms with E-state index in [0.717, 1.165) is 36.3 Å². The molecule has 3 unspecified atom stereocenters. The molecule has 0 aromatic heterocycles. The van der Waals surface area contributed by atoms with E-state index in [1.54, 1.807) is 0 Å². The van der Waals surface area contributed by atoms with Gasteiger partial charge in [-0.3, -0.25) is 4.90 Å². The highest BCUT2D eigenvalue weighted by molar-refractivity contribution is 5.28. The summed E-state index contributed by atoms with van der Waals surface area (Å²) in [5.74, 6) is 2.50. The maximum atomic E-state index is 5.87. The molecule has 1 aliphatic rings. The maximum Gasteiger partial charge on any atom is 0.119 e. The second-order valence-corrected chi connectivity index (χ2v) is 6.25. The molecule has 0 saturated carbocycles. The Hall–Kier alpha value is -1.06. The lowest BCUT2D eigenvalue weighted by atomic mass is 9.86. The molecule has 112 valence electrons. The first-order valence-electron chi connectivity index (χ1n) is 7.76. The Morgan fingerprint density at radius 2 is 2.10 bits per heavy atom. The van der Waals surface area contributed by atoms with Crippen molar-refractivity contribution >= 4 is 0 Å². The van der Waals surface area contributed by atoms with Gasteiger partial charge in [0.25, 0.3) is 0 Å². The van der Waals surface area contributed by atoms with Gasteiger partial charge in [-0.25, -0.2) is 0 Å². The molecule has 1 aliphatic heterocycles. The molecule has 1 aromatic carbocycles. The number of hydrogen-bond acceptors (Lipinski definition) is 3. The van der Waals surface area contributed by atoms with Gasteiger partial charge in [0, 0.05) is 25.7 Å². The lowest BCUT2D eigenvalue weighted by Gasteiger charge is -2.41. The van der Waals surface area contributed by atoms with Gasteiger partial charge in [0.1, 0.15) is 12.4 Å². The van der Waals surface area contributed by atoms with E-state index in [1.807, 2.05) is 24.3 Å². The van der Waals surface area contributed by atoms with Crippen molar-refractivity contribution in [3.63, 3.8) is 0 Å². The van der Waals surface area contributed by atoms with E-state index in [2.05, 4.69) is 25.7 Å². The largest absolute Gasteiger partial charge is 0.492 e. The van der Waals surface area contributed by atoms with Crippen molar-refractivity contribution in [2.45, 2.75) is 39.8 Å². The van der Waals surface area contributed by atoms with Crippen molar-refractivity contribution in [1.82, 2.24) is 4.90 Å². The number of piperidine rings is 1. The number of hydrogen-bond donors (Lipinski definition) is 1. The molecular weight excluding hydrogens is 248 g/mol. The SMILES string of the molecule is CC1CC(C)C(C)N(CCOc2cccc(CN)c2)C1. The summed E-state index contributed by atoms with van der Waals surface area (Å²) < 4.78 is 5.87. The Balaban J connectivity index is 1.82. The smallest absolute Gasteiger partial charge is 0.119 e. The standard InChI is InChI=1S/C17H28N2O/c1-13-9-14(2)15(3)19(12-13)7-8-20-17-6-4-5-16(10-17)11-18/h4-6,10,13-15H,7-9,11-12,18H2,1-3H3. The Bertz CT molecular complexity index is 421. The van der Waals surface area contributed by atoms with Crippen LogP contribution >= 0.6 is 0 Å². The topological polar surface area (TPSA) is 38.5 Å². The molecule has 0 spiro atoms. The molecule has 1 heterocycles. The molecule has 2 N–H and O–H groups in total. The Morgan fingerprint density at radius 1 is 1.30 bits per heavy atom. The molecule has 3 heteroatoms. The quantitative estimate of drug-likeness (QED) is 0.898. The predicted molar refractivity (Wildman–Crippen MR) is 83.8 cm³/mol. The second-order valence-electron chi connectivity index (χ2n) is 6.25. The summed E-state index contributed by atoms with van der Waals surface area (Å²) in [4.78, 5) is 2.56. The van der Waals surface area contributed by atoms with E-state index in [1.165, 1.54) is 13.0 Å². The number of likely N-dealkylation sites (tertiary alicyclic amines) is 1. The average Bonchev–Trinajstić information content (AvgIpc) is 2.44. The van der Waals surface area contributed by atoms with Crippen LogP contribution in [0.15, 0.2) is 24.3 Å². The molecule has 0 amide bonds. The van der Waals surface area contributed by atoms with Crippen molar-refractivity contribution in [3.8, 4) is 5.75 Å². The Kier molecular flexibility index (Phi) is 5.44. The lowest BCUT2D eigenvalue weighted by Crippen LogP contribution is -2.47. The van der Waals surface area contributed by atoms with Gasteiger partial charge in [0.05, 0.1) is 0 Å². The van der Waals surface area contributed by atoms with Crippen LogP contribution in [0, 0.1) is 11.8 Å². The highest BCUT2D eigenvalue weighted by Crippen LogP contribution is 2.26. The fourth-order valence-corrected chi connectivity index (χ4v) is 3.17. The fourth-order valence-electron chi connectivity index (χ4n) is 3.17. The van der Waals surface area contributed by atoms with Crippen LogP contribution in [0.4, 0.5) is 0 Å². The number of benzene rings is 1. The van der Waals surface area contributed by atoms with Gasteiger partial charge < -0.3 is 10.5 Å². The van der Waals surface area contributed by atoms with Gasteiger partial charge in [-0.05, 0) is 42.9 Å². The minimum Gasteiger partial charge on any atom is -0.492 e. The summed E-state index contributed by atoms with van der Waals surface area (Å²) in [6, 6.07) is 8.73. The van der Waals surface area contributed by atoms with Crippen molar-refractivity contribution in [1.29, 1.82) is 0 Å². The minimum atomic E-state index is 0.565. The number of nitrogens with zero attached hydrogens (tertiary/aromatic N) is 1. The highest BCUT2D eigenvalue weighted by Gasteiger charge is 2.28. The zero-order valence-corrected chi connectivity index (χ0v) is 13.0. The molecule has 3 nitrogen and oxygen atoms in total. The third-order valence-electron chi connectivity index (χ3n) is 4.50. The van der Waals surface area contributed by atoms with Crippen LogP contribution in [0.3, 0.4) is 0 Å². The molecule has 1 saturated heterocycles. The van der Waals surface area contributed by atoms with Crippen LogP contribution in [0.1, 0.15) is 32.8 Å². The van der Waals surface area contributed by atoms with Gasteiger partial charge in [0.2, 0.25) is 0 Å². The van der Waals surface area contributed by atoms with Crippen LogP contribution in [0.2, 0.25) is 0 Å². The number of rotatable bonds is 5. The number of nitrogens with two attached hydrogens (primary N) is 1. The van der Waals surface area contributed by atoms with E-state index in [-0.39, 0.29) is 0 Å². The van der Waals surface area contributed by atoms with Crippen LogP contribution in [0.5, 0.6) is 5.75 Å². The highest BCUT2D eigenvalue weighted by atomic mass is 16.5. The molecule has 0 radical (unpaired) electrons. The van der Waals surface area contributed by atoms with Crippen LogP contribution < -0.4 is 10.5 Å². The normalized spacial score (nSPS) is 27.5. The van der Waals surface area contributed by atoms with E-state index in [4.69, 9.17) is 10.5 Å². The van der Waals surface area contributed by atoms with Crippen molar-refractivity contribution in [2.75, 3.05) is 19.7 Å². The summed E-state index contributed by atoms with van der Waals surface area (Å²) in [6.45, 7) is 10.6. The average molecular weight is 276 g/mol. The molecule has 20 heavy (non-hydrogen) atoms. The Morgan fingerprint density at radius 3 is 2.85 bits per heavy atom. The van der Waals surface area contributed by atoms with Gasteiger partial charge in [-0.15, -0.1) is 0 Å². The summed E-state index contributed by atoms with van der Waals surface area (Å²) in [5, 5.41) is 0. The van der Waals surface area contributed by atoms with E-state index >= 15 is 0 Å². The van der Waals surface area contributed by atoms with E-state index in [9.17, 15) is 0 Å². The molecule has 1 aromatic rings. The van der Waals surface area contributed by atoms with Gasteiger partial charge >= 0.3 is 0 Å². The summed E-state index contributed by atoms with van der Waals surface area (Å²) >= 11 is 0. The van der Waals surface area contributed by atoms with E-state index in [0.29, 0.717) is 12.6 Å². The summed E-state index contributed by atoms with van der Waals surface area (Å²) in [7, 11) is 0. The number of ether oxygens (including phenoxy) is 1. The van der Waals surface area contributed by atoms with Crippen LogP contribution in [-0.2, 0) is 6.54 Å². The first-order chi connectivity index (χ1) is 9.60. The lowest BCUT2D eigenvalue weighted by molar-refractivity contribution is 0.0665. The monoisotopic (exact) mass is 276 g/mol. The van der Waals surface area contributed by atoms with Crippen molar-refractivity contribution in [2.24, 2.45) is 17.6 Å². The van der Waals surface area contributed by atoms with Gasteiger partial charge in [0.15, 0.2) is 0 Å². The third kappa shape index (κ3) is 3.97. The molecule has 0 aliphatic carbocycles. The maximum absolute atomic E-state index is 5.87. The molecular formula is C17H28N2O. The third-order valence-corrected chi connectivity index (χ3v) is 4.50. The van der Waals surface area contributed by atoms with Crippen molar-refractivity contribution in [3.05, 3.63) is 29.8 Å². The summed E-state index contributed by atoms with van der Waals surface area (Å²) in [5.41, 5.74) is 6.77. The van der Waals surface area contributed by atoms with E-state index < -0.39 is 0 Å². The van der Waals surface area contributed by atoms with Crippen LogP contribution in [0.25, 0.3) is 0 Å². The second kappa shape index (κ2) is 7.09. The van der Waals surface area contributed by atoms with Gasteiger partial charge in [-0.2, -0.15) is 0 Å². The zero-order valence-electron chi connectivity index (χ0n) is 13.0. The predicted octanol–water partition coefficient (Wildman–Crippen LogP) is 2.89. The molecule has 3 atom stereocenters. The molecule has 1 fully saturated rings. The first kappa shape index (κ1) is 15.3. The Labute approximate surface area is 123 Å². The van der Waals surface area contributed by atoms with Crippen LogP contribution in [-0.4, -0.2) is 30.6 Å². The fraction of sp³-hybridized carbons (Fsp3) is 0.647. The van der Waals surface area contributed by atoms with Crippen molar-refractivity contribution < 1.29 is 4.74 Å². The zero-order chi connectivity index (χ0) is 14.5. The summed E-state index contributed by atoms with van der Waals surface area (Å²) in [6.07, 6.45) is 1.34. The first-order valence-corrected chi connectivity index (χ1v) is 7.76. The molecule has 2 rings (SSSR count). The van der Waals surface area contributed by atoms with Gasteiger partial charge in [-0.1, -0.05) is 26.0 Å². The minimum absolute atomic E-state index is 0.565. The molecule has 0 bridgehead atoms.